The van der Waals surface area contributed by atoms with Crippen LogP contribution < -0.4 is 0 Å². The minimum Gasteiger partial charge on any atom is -0.0898 e. The van der Waals surface area contributed by atoms with E-state index in [1.165, 1.54) is 26.5 Å². The molecule has 17 heavy (non-hydrogen) atoms. The zero-order valence-electron chi connectivity index (χ0n) is 10.7. The first-order valence-corrected chi connectivity index (χ1v) is 6.84. The van der Waals surface area contributed by atoms with Crippen molar-refractivity contribution in [1.82, 2.24) is 0 Å². The van der Waals surface area contributed by atoms with E-state index in [1.54, 1.807) is 0 Å². The predicted molar refractivity (Wildman–Crippen MR) is 75.9 cm³/mol. The Morgan fingerprint density at radius 1 is 0.941 bits per heavy atom. The Hall–Kier alpha value is -1.21. The van der Waals surface area contributed by atoms with Crippen LogP contribution in [-0.2, 0) is 6.42 Å². The minimum atomic E-state index is 1.11. The molecule has 0 bridgehead atoms. The van der Waals surface area contributed by atoms with Crippen LogP contribution in [0.25, 0.3) is 0 Å². The zero-order chi connectivity index (χ0) is 12.3. The van der Waals surface area contributed by atoms with E-state index in [2.05, 4.69) is 63.2 Å². The average Bonchev–Trinajstić information content (AvgIpc) is 2.34. The normalized spacial score (nSPS) is 10.5. The predicted octanol–water partition coefficient (Wildman–Crippen LogP) is 5.02. The van der Waals surface area contributed by atoms with Gasteiger partial charge in [-0.15, -0.1) is 0 Å². The van der Waals surface area contributed by atoms with Crippen LogP contribution in [0.3, 0.4) is 0 Å². The summed E-state index contributed by atoms with van der Waals surface area (Å²) in [6, 6.07) is 15.5. The third kappa shape index (κ3) is 3.13. The lowest BCUT2D eigenvalue weighted by Gasteiger charge is -2.07. The average molecular weight is 242 g/mol. The molecule has 0 spiro atoms. The summed E-state index contributed by atoms with van der Waals surface area (Å²) in [7, 11) is 0. The van der Waals surface area contributed by atoms with Crippen LogP contribution in [0.4, 0.5) is 0 Å². The highest BCUT2D eigenvalue weighted by Gasteiger charge is 2.01. The lowest BCUT2D eigenvalue weighted by molar-refractivity contribution is 1.13. The molecule has 0 amide bonds. The Labute approximate surface area is 108 Å². The third-order valence-corrected chi connectivity index (χ3v) is 4.08. The van der Waals surface area contributed by atoms with Crippen molar-refractivity contribution < 1.29 is 0 Å². The van der Waals surface area contributed by atoms with Crippen molar-refractivity contribution in [2.24, 2.45) is 0 Å². The topological polar surface area (TPSA) is 0 Å². The van der Waals surface area contributed by atoms with E-state index in [1.807, 2.05) is 11.8 Å². The van der Waals surface area contributed by atoms with Crippen LogP contribution >= 0.6 is 11.8 Å². The van der Waals surface area contributed by atoms with E-state index < -0.39 is 0 Å². The van der Waals surface area contributed by atoms with Crippen molar-refractivity contribution in [2.45, 2.75) is 37.0 Å². The summed E-state index contributed by atoms with van der Waals surface area (Å²) in [5.74, 6) is 0. The maximum atomic E-state index is 2.24. The number of hydrogen-bond acceptors (Lipinski definition) is 1. The molecule has 0 aliphatic carbocycles. The summed E-state index contributed by atoms with van der Waals surface area (Å²) in [6.45, 7) is 6.50. The van der Waals surface area contributed by atoms with E-state index >= 15 is 0 Å². The van der Waals surface area contributed by atoms with E-state index in [0.717, 1.165) is 6.42 Å². The highest BCUT2D eigenvalue weighted by Crippen LogP contribution is 2.30. The summed E-state index contributed by atoms with van der Waals surface area (Å²) < 4.78 is 0. The molecule has 0 unspecified atom stereocenters. The first-order chi connectivity index (χ1) is 8.19. The maximum absolute atomic E-state index is 2.24. The van der Waals surface area contributed by atoms with Gasteiger partial charge < -0.3 is 0 Å². The Kier molecular flexibility index (Phi) is 3.90. The molecule has 0 nitrogen and oxygen atoms in total. The quantitative estimate of drug-likeness (QED) is 0.728. The molecular formula is C16H18S. The molecular weight excluding hydrogens is 224 g/mol. The fourth-order valence-corrected chi connectivity index (χ4v) is 2.72. The second-order valence-electron chi connectivity index (χ2n) is 4.37. The van der Waals surface area contributed by atoms with Gasteiger partial charge in [0.05, 0.1) is 0 Å². The minimum absolute atomic E-state index is 1.11. The molecule has 0 saturated heterocycles. The zero-order valence-corrected chi connectivity index (χ0v) is 11.5. The van der Waals surface area contributed by atoms with Crippen LogP contribution in [0.1, 0.15) is 23.6 Å². The first kappa shape index (κ1) is 12.3. The third-order valence-electron chi connectivity index (χ3n) is 2.89. The van der Waals surface area contributed by atoms with Crippen LogP contribution in [0.5, 0.6) is 0 Å². The lowest BCUT2D eigenvalue weighted by Crippen LogP contribution is -1.83. The van der Waals surface area contributed by atoms with E-state index in [9.17, 15) is 0 Å². The van der Waals surface area contributed by atoms with Gasteiger partial charge in [-0.1, -0.05) is 48.5 Å². The molecule has 0 heterocycles. The molecule has 1 heteroatoms. The van der Waals surface area contributed by atoms with Gasteiger partial charge in [0.1, 0.15) is 0 Å². The second kappa shape index (κ2) is 5.42. The number of hydrogen-bond donors (Lipinski definition) is 0. The molecule has 0 atom stereocenters. The van der Waals surface area contributed by atoms with Gasteiger partial charge in [0.25, 0.3) is 0 Å². The van der Waals surface area contributed by atoms with Crippen molar-refractivity contribution in [3.63, 3.8) is 0 Å². The SMILES string of the molecule is CCc1ccc(Sc2ccc(C)cc2C)cc1. The highest BCUT2D eigenvalue weighted by molar-refractivity contribution is 7.99. The molecule has 0 saturated carbocycles. The molecule has 2 aromatic carbocycles. The Morgan fingerprint density at radius 3 is 2.24 bits per heavy atom. The van der Waals surface area contributed by atoms with Crippen molar-refractivity contribution in [1.29, 1.82) is 0 Å². The molecule has 0 aliphatic heterocycles. The standard InChI is InChI=1S/C16H18S/c1-4-14-6-8-15(9-7-14)17-16-10-5-12(2)11-13(16)3/h5-11H,4H2,1-3H3. The fraction of sp³-hybridized carbons (Fsp3) is 0.250. The molecule has 0 fully saturated rings. The lowest BCUT2D eigenvalue weighted by atomic mass is 10.2. The number of rotatable bonds is 3. The van der Waals surface area contributed by atoms with Crippen LogP contribution in [-0.4, -0.2) is 0 Å². The monoisotopic (exact) mass is 242 g/mol. The maximum Gasteiger partial charge on any atom is 0.0151 e. The van der Waals surface area contributed by atoms with Gasteiger partial charge in [0, 0.05) is 9.79 Å². The van der Waals surface area contributed by atoms with E-state index in [4.69, 9.17) is 0 Å². The smallest absolute Gasteiger partial charge is 0.0151 e. The van der Waals surface area contributed by atoms with Gasteiger partial charge in [-0.3, -0.25) is 0 Å². The Bertz CT molecular complexity index is 497. The number of benzene rings is 2. The van der Waals surface area contributed by atoms with Crippen LogP contribution in [0.15, 0.2) is 52.3 Å². The van der Waals surface area contributed by atoms with E-state index in [-0.39, 0.29) is 0 Å². The molecule has 2 aromatic rings. The van der Waals surface area contributed by atoms with E-state index in [0.29, 0.717) is 0 Å². The summed E-state index contributed by atoms with van der Waals surface area (Å²) in [6.07, 6.45) is 1.11. The van der Waals surface area contributed by atoms with Crippen LogP contribution in [0, 0.1) is 13.8 Å². The van der Waals surface area contributed by atoms with Gasteiger partial charge in [0.15, 0.2) is 0 Å². The molecule has 0 aromatic heterocycles. The summed E-state index contributed by atoms with van der Waals surface area (Å²) in [4.78, 5) is 2.66. The van der Waals surface area contributed by atoms with Crippen molar-refractivity contribution in [3.05, 3.63) is 59.2 Å². The fourth-order valence-electron chi connectivity index (χ4n) is 1.83. The Balaban J connectivity index is 2.19. The van der Waals surface area contributed by atoms with Crippen molar-refractivity contribution in [3.8, 4) is 0 Å². The number of aryl methyl sites for hydroxylation is 3. The molecule has 0 aliphatic rings. The van der Waals surface area contributed by atoms with Gasteiger partial charge in [-0.25, -0.2) is 0 Å². The van der Waals surface area contributed by atoms with Crippen molar-refractivity contribution >= 4 is 11.8 Å². The molecule has 0 radical (unpaired) electrons. The largest absolute Gasteiger partial charge is 0.0898 e. The summed E-state index contributed by atoms with van der Waals surface area (Å²) >= 11 is 1.84. The molecule has 0 N–H and O–H groups in total. The van der Waals surface area contributed by atoms with Crippen molar-refractivity contribution in [2.75, 3.05) is 0 Å². The second-order valence-corrected chi connectivity index (χ2v) is 5.48. The molecule has 2 rings (SSSR count). The molecule has 88 valence electrons. The van der Waals surface area contributed by atoms with Gasteiger partial charge >= 0.3 is 0 Å². The summed E-state index contributed by atoms with van der Waals surface area (Å²) in [5.41, 5.74) is 4.08. The van der Waals surface area contributed by atoms with Gasteiger partial charge in [-0.2, -0.15) is 0 Å². The van der Waals surface area contributed by atoms with Crippen LogP contribution in [0.2, 0.25) is 0 Å². The first-order valence-electron chi connectivity index (χ1n) is 6.03. The van der Waals surface area contributed by atoms with Gasteiger partial charge in [0.2, 0.25) is 0 Å². The highest BCUT2D eigenvalue weighted by atomic mass is 32.2. The Morgan fingerprint density at radius 2 is 1.65 bits per heavy atom. The summed E-state index contributed by atoms with van der Waals surface area (Å²) in [5, 5.41) is 0. The van der Waals surface area contributed by atoms with Gasteiger partial charge in [-0.05, 0) is 49.6 Å².